The van der Waals surface area contributed by atoms with Crippen LogP contribution in [0.25, 0.3) is 0 Å². The van der Waals surface area contributed by atoms with Crippen LogP contribution in [0.1, 0.15) is 45.4 Å². The van der Waals surface area contributed by atoms with E-state index in [0.717, 1.165) is 25.7 Å². The van der Waals surface area contributed by atoms with Crippen molar-refractivity contribution in [3.05, 3.63) is 0 Å². The summed E-state index contributed by atoms with van der Waals surface area (Å²) in [7, 11) is 0. The van der Waals surface area contributed by atoms with Gasteiger partial charge in [-0.3, -0.25) is 0 Å². The molecule has 6 heteroatoms. The van der Waals surface area contributed by atoms with Gasteiger partial charge in [0.2, 0.25) is 0 Å². The van der Waals surface area contributed by atoms with Gasteiger partial charge in [0.1, 0.15) is 5.54 Å². The van der Waals surface area contributed by atoms with E-state index in [4.69, 9.17) is 0 Å². The Morgan fingerprint density at radius 1 is 1.25 bits per heavy atom. The van der Waals surface area contributed by atoms with E-state index in [9.17, 15) is 14.7 Å². The molecule has 1 unspecified atom stereocenters. The predicted molar refractivity (Wildman–Crippen MR) is 82.1 cm³/mol. The molecule has 0 aromatic rings. The van der Waals surface area contributed by atoms with E-state index in [1.807, 2.05) is 11.8 Å². The minimum absolute atomic E-state index is 0.0669. The summed E-state index contributed by atoms with van der Waals surface area (Å²) < 4.78 is 0. The maximum absolute atomic E-state index is 11.7. The third-order valence-electron chi connectivity index (χ3n) is 3.77. The molecule has 3 N–H and O–H groups in total. The summed E-state index contributed by atoms with van der Waals surface area (Å²) in [5.41, 5.74) is -1.12. The van der Waals surface area contributed by atoms with Gasteiger partial charge in [0.15, 0.2) is 0 Å². The number of thioether (sulfide) groups is 1. The number of nitrogens with one attached hydrogen (secondary N) is 2. The van der Waals surface area contributed by atoms with Crippen LogP contribution in [0.15, 0.2) is 0 Å². The van der Waals surface area contributed by atoms with Gasteiger partial charge in [-0.25, -0.2) is 9.59 Å². The third-order valence-corrected chi connectivity index (χ3v) is 4.47. The first kappa shape index (κ1) is 17.1. The van der Waals surface area contributed by atoms with Gasteiger partial charge in [-0.1, -0.05) is 12.8 Å². The molecular weight excluding hydrogens is 276 g/mol. The molecule has 1 aliphatic carbocycles. The van der Waals surface area contributed by atoms with Crippen LogP contribution in [0.5, 0.6) is 0 Å². The Balaban J connectivity index is 2.15. The van der Waals surface area contributed by atoms with Gasteiger partial charge < -0.3 is 15.7 Å². The Kier molecular flexibility index (Phi) is 7.19. The first-order valence-electron chi connectivity index (χ1n) is 7.29. The lowest BCUT2D eigenvalue weighted by Crippen LogP contribution is -2.56. The van der Waals surface area contributed by atoms with E-state index < -0.39 is 11.5 Å². The van der Waals surface area contributed by atoms with Crippen LogP contribution >= 0.6 is 11.8 Å². The molecule has 0 heterocycles. The second-order valence-corrected chi connectivity index (χ2v) is 6.56. The zero-order chi connectivity index (χ0) is 15.0. The third kappa shape index (κ3) is 5.61. The topological polar surface area (TPSA) is 78.4 Å². The number of amides is 2. The van der Waals surface area contributed by atoms with Gasteiger partial charge in [-0.15, -0.1) is 0 Å². The fourth-order valence-corrected chi connectivity index (χ4v) is 2.69. The highest BCUT2D eigenvalue weighted by Crippen LogP contribution is 2.39. The summed E-state index contributed by atoms with van der Waals surface area (Å²) in [5, 5.41) is 14.6. The SMILES string of the molecule is CSCCCCCCNC(=O)NC(C)(C(=O)O)C1CC1. The Morgan fingerprint density at radius 3 is 2.45 bits per heavy atom. The molecular formula is C14H26N2O3S. The van der Waals surface area contributed by atoms with E-state index in [0.29, 0.717) is 6.54 Å². The van der Waals surface area contributed by atoms with Crippen molar-refractivity contribution in [2.45, 2.75) is 51.0 Å². The number of unbranched alkanes of at least 4 members (excludes halogenated alkanes) is 3. The molecule has 0 spiro atoms. The molecule has 0 aromatic heterocycles. The number of hydrogen-bond donors (Lipinski definition) is 3. The summed E-state index contributed by atoms with van der Waals surface area (Å²) in [6.45, 7) is 2.19. The molecule has 5 nitrogen and oxygen atoms in total. The van der Waals surface area contributed by atoms with Gasteiger partial charge in [-0.05, 0) is 50.5 Å². The fourth-order valence-electron chi connectivity index (χ4n) is 2.20. The molecule has 1 saturated carbocycles. The van der Waals surface area contributed by atoms with Crippen molar-refractivity contribution >= 4 is 23.8 Å². The van der Waals surface area contributed by atoms with Gasteiger partial charge in [-0.2, -0.15) is 11.8 Å². The number of carbonyl (C=O) groups excluding carboxylic acids is 1. The monoisotopic (exact) mass is 302 g/mol. The zero-order valence-corrected chi connectivity index (χ0v) is 13.2. The van der Waals surface area contributed by atoms with Crippen LogP contribution in [0, 0.1) is 5.92 Å². The Morgan fingerprint density at radius 2 is 1.90 bits per heavy atom. The number of carboxylic acids is 1. The molecule has 0 aliphatic heterocycles. The van der Waals surface area contributed by atoms with Crippen molar-refractivity contribution in [1.29, 1.82) is 0 Å². The van der Waals surface area contributed by atoms with Crippen LogP contribution in [-0.2, 0) is 4.79 Å². The van der Waals surface area contributed by atoms with Crippen molar-refractivity contribution in [2.24, 2.45) is 5.92 Å². The van der Waals surface area contributed by atoms with Gasteiger partial charge in [0.25, 0.3) is 0 Å². The normalized spacial score (nSPS) is 17.3. The standard InChI is InChI=1S/C14H26N2O3S/c1-14(12(17)18,11-7-8-11)16-13(19)15-9-5-3-4-6-10-20-2/h11H,3-10H2,1-2H3,(H,17,18)(H2,15,16,19). The Labute approximate surface area is 125 Å². The van der Waals surface area contributed by atoms with Crippen LogP contribution in [0.2, 0.25) is 0 Å². The maximum Gasteiger partial charge on any atom is 0.329 e. The molecule has 1 fully saturated rings. The largest absolute Gasteiger partial charge is 0.480 e. The van der Waals surface area contributed by atoms with E-state index >= 15 is 0 Å². The average molecular weight is 302 g/mol. The summed E-state index contributed by atoms with van der Waals surface area (Å²) in [5.74, 6) is 0.302. The molecule has 1 rings (SSSR count). The summed E-state index contributed by atoms with van der Waals surface area (Å²) in [4.78, 5) is 23.0. The van der Waals surface area contributed by atoms with Crippen molar-refractivity contribution in [3.8, 4) is 0 Å². The van der Waals surface area contributed by atoms with Gasteiger partial charge >= 0.3 is 12.0 Å². The second-order valence-electron chi connectivity index (χ2n) is 5.57. The molecule has 2 amide bonds. The maximum atomic E-state index is 11.7. The number of rotatable bonds is 10. The van der Waals surface area contributed by atoms with Crippen molar-refractivity contribution in [3.63, 3.8) is 0 Å². The lowest BCUT2D eigenvalue weighted by atomic mass is 9.96. The minimum Gasteiger partial charge on any atom is -0.480 e. The summed E-state index contributed by atoms with van der Waals surface area (Å²) in [6, 6.07) is -0.370. The fraction of sp³-hybridized carbons (Fsp3) is 0.857. The highest BCUT2D eigenvalue weighted by atomic mass is 32.2. The van der Waals surface area contributed by atoms with E-state index in [-0.39, 0.29) is 11.9 Å². The molecule has 20 heavy (non-hydrogen) atoms. The Hall–Kier alpha value is -0.910. The summed E-state index contributed by atoms with van der Waals surface area (Å²) in [6.07, 6.45) is 8.28. The number of aliphatic carboxylic acids is 1. The molecule has 1 aliphatic rings. The van der Waals surface area contributed by atoms with Crippen LogP contribution in [-0.4, -0.2) is 41.2 Å². The van der Waals surface area contributed by atoms with Gasteiger partial charge in [0.05, 0.1) is 0 Å². The number of hydrogen-bond acceptors (Lipinski definition) is 3. The van der Waals surface area contributed by atoms with Crippen molar-refractivity contribution in [2.75, 3.05) is 18.6 Å². The van der Waals surface area contributed by atoms with Crippen LogP contribution in [0.4, 0.5) is 4.79 Å². The highest BCUT2D eigenvalue weighted by Gasteiger charge is 2.48. The molecule has 0 radical (unpaired) electrons. The van der Waals surface area contributed by atoms with E-state index in [1.54, 1.807) is 6.92 Å². The smallest absolute Gasteiger partial charge is 0.329 e. The molecule has 1 atom stereocenters. The first-order chi connectivity index (χ1) is 9.50. The molecule has 116 valence electrons. The molecule has 0 bridgehead atoms. The number of carboxylic acid groups (broad SMARTS) is 1. The van der Waals surface area contributed by atoms with E-state index in [2.05, 4.69) is 16.9 Å². The predicted octanol–water partition coefficient (Wildman–Crippen LogP) is 2.46. The van der Waals surface area contributed by atoms with Crippen LogP contribution < -0.4 is 10.6 Å². The average Bonchev–Trinajstić information content (AvgIpc) is 3.21. The Bertz CT molecular complexity index is 334. The zero-order valence-electron chi connectivity index (χ0n) is 12.4. The minimum atomic E-state index is -1.12. The number of carbonyl (C=O) groups is 2. The highest BCUT2D eigenvalue weighted by molar-refractivity contribution is 7.98. The first-order valence-corrected chi connectivity index (χ1v) is 8.68. The quantitative estimate of drug-likeness (QED) is 0.542. The summed E-state index contributed by atoms with van der Waals surface area (Å²) >= 11 is 1.85. The lowest BCUT2D eigenvalue weighted by molar-refractivity contribution is -0.144. The van der Waals surface area contributed by atoms with E-state index in [1.165, 1.54) is 18.6 Å². The number of urea groups is 1. The van der Waals surface area contributed by atoms with Crippen molar-refractivity contribution < 1.29 is 14.7 Å². The molecule has 0 saturated heterocycles. The lowest BCUT2D eigenvalue weighted by Gasteiger charge is -2.26. The van der Waals surface area contributed by atoms with Gasteiger partial charge in [0, 0.05) is 6.54 Å². The molecule has 0 aromatic carbocycles. The van der Waals surface area contributed by atoms with Crippen molar-refractivity contribution in [1.82, 2.24) is 10.6 Å². The second kappa shape index (κ2) is 8.39. The van der Waals surface area contributed by atoms with Crippen LogP contribution in [0.3, 0.4) is 0 Å².